The number of halogens is 1. The second kappa shape index (κ2) is 5.55. The lowest BCUT2D eigenvalue weighted by molar-refractivity contribution is -0.00258. The predicted molar refractivity (Wildman–Crippen MR) is 72.4 cm³/mol. The summed E-state index contributed by atoms with van der Waals surface area (Å²) in [4.78, 5) is 0.127. The Morgan fingerprint density at radius 3 is 2.76 bits per heavy atom. The molecule has 2 heterocycles. The molecule has 1 aromatic carbocycles. The molecule has 6 nitrogen and oxygen atoms in total. The lowest BCUT2D eigenvalue weighted by Crippen LogP contribution is -2.42. The molecule has 0 spiro atoms. The summed E-state index contributed by atoms with van der Waals surface area (Å²) in [6, 6.07) is 5.88. The predicted octanol–water partition coefficient (Wildman–Crippen LogP) is 1.31. The Bertz CT molecular complexity index is 701. The second-order valence-corrected chi connectivity index (χ2v) is 6.65. The Morgan fingerprint density at radius 2 is 2.10 bits per heavy atom. The lowest BCUT2D eigenvalue weighted by Gasteiger charge is -2.32. The van der Waals surface area contributed by atoms with Crippen molar-refractivity contribution in [3.63, 3.8) is 0 Å². The van der Waals surface area contributed by atoms with Crippen LogP contribution in [0.15, 0.2) is 41.6 Å². The van der Waals surface area contributed by atoms with Gasteiger partial charge in [0.05, 0.1) is 18.9 Å². The smallest absolute Gasteiger partial charge is 0.246 e. The molecule has 1 aliphatic heterocycles. The van der Waals surface area contributed by atoms with E-state index >= 15 is 0 Å². The Balaban J connectivity index is 1.82. The maximum absolute atomic E-state index is 12.9. The summed E-state index contributed by atoms with van der Waals surface area (Å²) in [5.41, 5.74) is 0.753. The first-order chi connectivity index (χ1) is 10.1. The van der Waals surface area contributed by atoms with Gasteiger partial charge in [-0.15, -0.1) is 0 Å². The maximum atomic E-state index is 12.9. The van der Waals surface area contributed by atoms with Crippen LogP contribution in [-0.2, 0) is 14.8 Å². The van der Waals surface area contributed by atoms with E-state index in [2.05, 4.69) is 10.2 Å². The molecule has 1 fully saturated rings. The van der Waals surface area contributed by atoms with Crippen LogP contribution in [0.2, 0.25) is 0 Å². The SMILES string of the molecule is O=S(=O)(c1cn[nH]c1)N1CCOC(c2ccc(F)cc2)C1. The van der Waals surface area contributed by atoms with Gasteiger partial charge in [-0.3, -0.25) is 5.10 Å². The third-order valence-electron chi connectivity index (χ3n) is 3.38. The van der Waals surface area contributed by atoms with Gasteiger partial charge in [-0.2, -0.15) is 9.40 Å². The van der Waals surface area contributed by atoms with E-state index in [9.17, 15) is 12.8 Å². The van der Waals surface area contributed by atoms with Gasteiger partial charge in [0, 0.05) is 19.3 Å². The van der Waals surface area contributed by atoms with Gasteiger partial charge in [0.2, 0.25) is 10.0 Å². The summed E-state index contributed by atoms with van der Waals surface area (Å²) in [6.45, 7) is 0.767. The van der Waals surface area contributed by atoms with E-state index in [1.54, 1.807) is 12.1 Å². The van der Waals surface area contributed by atoms with Crippen LogP contribution in [0.3, 0.4) is 0 Å². The van der Waals surface area contributed by atoms with E-state index in [0.717, 1.165) is 5.56 Å². The zero-order valence-electron chi connectivity index (χ0n) is 11.1. The number of hydrogen-bond donors (Lipinski definition) is 1. The molecule has 1 aromatic heterocycles. The molecule has 1 aliphatic rings. The van der Waals surface area contributed by atoms with Crippen LogP contribution in [0.25, 0.3) is 0 Å². The molecule has 21 heavy (non-hydrogen) atoms. The molecule has 1 unspecified atom stereocenters. The van der Waals surface area contributed by atoms with Gasteiger partial charge in [0.1, 0.15) is 10.7 Å². The fourth-order valence-electron chi connectivity index (χ4n) is 2.25. The van der Waals surface area contributed by atoms with Crippen LogP contribution in [0, 0.1) is 5.82 Å². The molecule has 0 amide bonds. The van der Waals surface area contributed by atoms with Crippen LogP contribution in [0.1, 0.15) is 11.7 Å². The van der Waals surface area contributed by atoms with Crippen molar-refractivity contribution < 1.29 is 17.5 Å². The normalized spacial score (nSPS) is 20.5. The van der Waals surface area contributed by atoms with Crippen molar-refractivity contribution in [1.29, 1.82) is 0 Å². The van der Waals surface area contributed by atoms with Crippen LogP contribution in [0.4, 0.5) is 4.39 Å². The van der Waals surface area contributed by atoms with Crippen molar-refractivity contribution in [3.05, 3.63) is 48.0 Å². The minimum absolute atomic E-state index is 0.127. The van der Waals surface area contributed by atoms with Gasteiger partial charge >= 0.3 is 0 Å². The summed E-state index contributed by atoms with van der Waals surface area (Å²) in [6.07, 6.45) is 2.22. The van der Waals surface area contributed by atoms with Crippen molar-refractivity contribution in [2.75, 3.05) is 19.7 Å². The molecule has 0 radical (unpaired) electrons. The quantitative estimate of drug-likeness (QED) is 0.927. The topological polar surface area (TPSA) is 75.3 Å². The highest BCUT2D eigenvalue weighted by Gasteiger charge is 2.32. The first-order valence-electron chi connectivity index (χ1n) is 6.43. The molecule has 8 heteroatoms. The number of ether oxygens (including phenoxy) is 1. The third kappa shape index (κ3) is 2.82. The van der Waals surface area contributed by atoms with E-state index in [1.165, 1.54) is 28.8 Å². The Morgan fingerprint density at radius 1 is 1.33 bits per heavy atom. The fraction of sp³-hybridized carbons (Fsp3) is 0.308. The summed E-state index contributed by atoms with van der Waals surface area (Å²) in [5, 5.41) is 6.16. The number of aromatic nitrogens is 2. The molecule has 112 valence electrons. The Hall–Kier alpha value is -1.77. The average Bonchev–Trinajstić information content (AvgIpc) is 3.03. The number of nitrogens with one attached hydrogen (secondary N) is 1. The van der Waals surface area contributed by atoms with Crippen LogP contribution < -0.4 is 0 Å². The Kier molecular flexibility index (Phi) is 3.75. The van der Waals surface area contributed by atoms with Gasteiger partial charge in [0.15, 0.2) is 0 Å². The number of H-pyrrole nitrogens is 1. The van der Waals surface area contributed by atoms with Crippen LogP contribution in [-0.4, -0.2) is 42.6 Å². The number of morpholine rings is 1. The van der Waals surface area contributed by atoms with E-state index in [1.807, 2.05) is 0 Å². The molecule has 1 N–H and O–H groups in total. The minimum atomic E-state index is -3.58. The zero-order chi connectivity index (χ0) is 14.9. The molecule has 0 aliphatic carbocycles. The van der Waals surface area contributed by atoms with E-state index < -0.39 is 16.1 Å². The molecule has 2 aromatic rings. The van der Waals surface area contributed by atoms with Gasteiger partial charge in [-0.05, 0) is 17.7 Å². The summed E-state index contributed by atoms with van der Waals surface area (Å²) in [5.74, 6) is -0.336. The minimum Gasteiger partial charge on any atom is -0.371 e. The van der Waals surface area contributed by atoms with E-state index in [4.69, 9.17) is 4.74 Å². The largest absolute Gasteiger partial charge is 0.371 e. The molecule has 1 atom stereocenters. The Labute approximate surface area is 121 Å². The number of benzene rings is 1. The maximum Gasteiger partial charge on any atom is 0.246 e. The number of aromatic amines is 1. The molecular formula is C13H14FN3O3S. The van der Waals surface area contributed by atoms with Gasteiger partial charge in [-0.1, -0.05) is 12.1 Å². The highest BCUT2D eigenvalue weighted by Crippen LogP contribution is 2.26. The molecule has 0 saturated carbocycles. The summed E-state index contributed by atoms with van der Waals surface area (Å²) >= 11 is 0. The van der Waals surface area contributed by atoms with Crippen molar-refractivity contribution in [1.82, 2.24) is 14.5 Å². The fourth-order valence-corrected chi connectivity index (χ4v) is 3.58. The summed E-state index contributed by atoms with van der Waals surface area (Å²) < 4.78 is 44.8. The van der Waals surface area contributed by atoms with E-state index in [0.29, 0.717) is 6.61 Å². The molecular weight excluding hydrogens is 297 g/mol. The molecule has 0 bridgehead atoms. The summed E-state index contributed by atoms with van der Waals surface area (Å²) in [7, 11) is -3.58. The lowest BCUT2D eigenvalue weighted by atomic mass is 10.1. The monoisotopic (exact) mass is 311 g/mol. The standard InChI is InChI=1S/C13H14FN3O3S/c14-11-3-1-10(2-4-11)13-9-17(5-6-20-13)21(18,19)12-7-15-16-8-12/h1-4,7-8,13H,5-6,9H2,(H,15,16). The number of hydrogen-bond acceptors (Lipinski definition) is 4. The first-order valence-corrected chi connectivity index (χ1v) is 7.87. The van der Waals surface area contributed by atoms with Crippen LogP contribution >= 0.6 is 0 Å². The highest BCUT2D eigenvalue weighted by atomic mass is 32.2. The van der Waals surface area contributed by atoms with Crippen molar-refractivity contribution in [2.45, 2.75) is 11.0 Å². The highest BCUT2D eigenvalue weighted by molar-refractivity contribution is 7.89. The number of sulfonamides is 1. The second-order valence-electron chi connectivity index (χ2n) is 4.71. The van der Waals surface area contributed by atoms with Crippen LogP contribution in [0.5, 0.6) is 0 Å². The number of rotatable bonds is 3. The molecule has 1 saturated heterocycles. The van der Waals surface area contributed by atoms with Gasteiger partial charge < -0.3 is 4.74 Å². The van der Waals surface area contributed by atoms with Gasteiger partial charge in [-0.25, -0.2) is 12.8 Å². The van der Waals surface area contributed by atoms with Gasteiger partial charge in [0.25, 0.3) is 0 Å². The average molecular weight is 311 g/mol. The van der Waals surface area contributed by atoms with Crippen molar-refractivity contribution in [2.24, 2.45) is 0 Å². The number of nitrogens with zero attached hydrogens (tertiary/aromatic N) is 2. The van der Waals surface area contributed by atoms with E-state index in [-0.39, 0.29) is 23.8 Å². The third-order valence-corrected chi connectivity index (χ3v) is 5.21. The first kappa shape index (κ1) is 14.2. The van der Waals surface area contributed by atoms with Crippen molar-refractivity contribution >= 4 is 10.0 Å². The van der Waals surface area contributed by atoms with Crippen molar-refractivity contribution in [3.8, 4) is 0 Å². The zero-order valence-corrected chi connectivity index (χ0v) is 11.9. The molecule has 3 rings (SSSR count).